The van der Waals surface area contributed by atoms with Gasteiger partial charge in [0.05, 0.1) is 0 Å². The van der Waals surface area contributed by atoms with Crippen LogP contribution < -0.4 is 0 Å². The number of aryl methyl sites for hydroxylation is 3. The van der Waals surface area contributed by atoms with Crippen molar-refractivity contribution in [3.8, 4) is 0 Å². The van der Waals surface area contributed by atoms with Gasteiger partial charge in [0.25, 0.3) is 0 Å². The van der Waals surface area contributed by atoms with E-state index in [0.717, 1.165) is 6.42 Å². The van der Waals surface area contributed by atoms with Crippen LogP contribution in [0, 0.1) is 27.7 Å². The topological polar surface area (TPSA) is 0 Å². The molecule has 0 fully saturated rings. The summed E-state index contributed by atoms with van der Waals surface area (Å²) in [4.78, 5) is 0. The van der Waals surface area contributed by atoms with E-state index < -0.39 is 0 Å². The molecule has 0 aliphatic carbocycles. The van der Waals surface area contributed by atoms with Crippen LogP contribution in [0.25, 0.3) is 0 Å². The normalized spacial score (nSPS) is 10.6. The molecular formula is C14H21. The summed E-state index contributed by atoms with van der Waals surface area (Å²) in [6, 6.07) is 4.57. The molecule has 0 N–H and O–H groups in total. The standard InChI is InChI=1S/C14H21/c1-5-6-7-8-14-12(3)9-11(2)10-13(14)4/h9-10H,1,5-8H2,2-4H3. The molecule has 0 bridgehead atoms. The number of hydrogen-bond donors (Lipinski definition) is 0. The van der Waals surface area contributed by atoms with Crippen LogP contribution in [0.15, 0.2) is 12.1 Å². The molecule has 0 saturated heterocycles. The Balaban J connectivity index is 2.75. The zero-order valence-electron chi connectivity index (χ0n) is 9.69. The largest absolute Gasteiger partial charge is 0.0561 e. The van der Waals surface area contributed by atoms with Gasteiger partial charge in [-0.05, 0) is 50.3 Å². The Hall–Kier alpha value is -0.780. The zero-order valence-corrected chi connectivity index (χ0v) is 9.69. The minimum absolute atomic E-state index is 1.06. The number of hydrogen-bond acceptors (Lipinski definition) is 0. The third kappa shape index (κ3) is 2.87. The molecule has 0 aliphatic rings. The molecule has 1 radical (unpaired) electrons. The van der Waals surface area contributed by atoms with E-state index in [1.165, 1.54) is 36.0 Å². The first-order valence-corrected chi connectivity index (χ1v) is 5.51. The first kappa shape index (κ1) is 11.3. The number of benzene rings is 1. The molecule has 0 amide bonds. The summed E-state index contributed by atoms with van der Waals surface area (Å²) in [5.41, 5.74) is 5.82. The molecule has 14 heavy (non-hydrogen) atoms. The molecule has 0 aromatic heterocycles. The van der Waals surface area contributed by atoms with Crippen molar-refractivity contribution >= 4 is 0 Å². The van der Waals surface area contributed by atoms with Crippen molar-refractivity contribution in [2.45, 2.75) is 46.5 Å². The highest BCUT2D eigenvalue weighted by Crippen LogP contribution is 2.18. The van der Waals surface area contributed by atoms with Gasteiger partial charge in [-0.15, -0.1) is 0 Å². The Labute approximate surface area is 88.4 Å². The smallest absolute Gasteiger partial charge is 0.0274 e. The number of rotatable bonds is 4. The summed E-state index contributed by atoms with van der Waals surface area (Å²) in [6.45, 7) is 10.5. The molecule has 0 unspecified atom stereocenters. The van der Waals surface area contributed by atoms with E-state index in [1.807, 2.05) is 0 Å². The summed E-state index contributed by atoms with van der Waals surface area (Å²) in [5, 5.41) is 0. The van der Waals surface area contributed by atoms with Crippen LogP contribution >= 0.6 is 0 Å². The van der Waals surface area contributed by atoms with Gasteiger partial charge < -0.3 is 0 Å². The van der Waals surface area contributed by atoms with Crippen molar-refractivity contribution in [1.29, 1.82) is 0 Å². The lowest BCUT2D eigenvalue weighted by atomic mass is 9.95. The van der Waals surface area contributed by atoms with Crippen LogP contribution in [0.2, 0.25) is 0 Å². The minimum Gasteiger partial charge on any atom is -0.0561 e. The van der Waals surface area contributed by atoms with Crippen molar-refractivity contribution in [2.24, 2.45) is 0 Å². The van der Waals surface area contributed by atoms with Gasteiger partial charge in [0.2, 0.25) is 0 Å². The zero-order chi connectivity index (χ0) is 10.6. The summed E-state index contributed by atoms with van der Waals surface area (Å²) in [5.74, 6) is 0. The van der Waals surface area contributed by atoms with Crippen LogP contribution in [-0.4, -0.2) is 0 Å². The Kier molecular flexibility index (Phi) is 4.19. The summed E-state index contributed by atoms with van der Waals surface area (Å²) in [7, 11) is 0. The Bertz CT molecular complexity index is 274. The van der Waals surface area contributed by atoms with Crippen molar-refractivity contribution in [2.75, 3.05) is 0 Å². The molecule has 0 heterocycles. The van der Waals surface area contributed by atoms with Gasteiger partial charge >= 0.3 is 0 Å². The third-order valence-electron chi connectivity index (χ3n) is 2.77. The van der Waals surface area contributed by atoms with Crippen molar-refractivity contribution in [1.82, 2.24) is 0 Å². The average molecular weight is 189 g/mol. The minimum atomic E-state index is 1.06. The fourth-order valence-electron chi connectivity index (χ4n) is 2.08. The first-order valence-electron chi connectivity index (χ1n) is 5.51. The molecule has 77 valence electrons. The Morgan fingerprint density at radius 1 is 1.00 bits per heavy atom. The second kappa shape index (κ2) is 5.19. The van der Waals surface area contributed by atoms with E-state index in [4.69, 9.17) is 0 Å². The monoisotopic (exact) mass is 189 g/mol. The predicted molar refractivity (Wildman–Crippen MR) is 63.6 cm³/mol. The maximum atomic E-state index is 3.88. The van der Waals surface area contributed by atoms with Gasteiger partial charge in [0, 0.05) is 0 Å². The Morgan fingerprint density at radius 2 is 1.57 bits per heavy atom. The molecule has 0 spiro atoms. The molecule has 1 rings (SSSR count). The van der Waals surface area contributed by atoms with Crippen molar-refractivity contribution in [3.63, 3.8) is 0 Å². The van der Waals surface area contributed by atoms with Gasteiger partial charge in [-0.1, -0.05) is 37.5 Å². The SMILES string of the molecule is [CH2]CCCCc1c(C)cc(C)cc1C. The van der Waals surface area contributed by atoms with E-state index >= 15 is 0 Å². The molecule has 1 aromatic rings. The highest BCUT2D eigenvalue weighted by Gasteiger charge is 2.02. The van der Waals surface area contributed by atoms with Crippen LogP contribution in [0.3, 0.4) is 0 Å². The maximum Gasteiger partial charge on any atom is -0.0274 e. The maximum absolute atomic E-state index is 3.88. The van der Waals surface area contributed by atoms with E-state index in [1.54, 1.807) is 5.56 Å². The molecule has 0 nitrogen and oxygen atoms in total. The van der Waals surface area contributed by atoms with Gasteiger partial charge in [0.1, 0.15) is 0 Å². The average Bonchev–Trinajstić information content (AvgIpc) is 2.09. The molecule has 0 atom stereocenters. The fraction of sp³-hybridized carbons (Fsp3) is 0.500. The van der Waals surface area contributed by atoms with Crippen molar-refractivity contribution in [3.05, 3.63) is 41.3 Å². The van der Waals surface area contributed by atoms with Gasteiger partial charge in [-0.3, -0.25) is 0 Å². The predicted octanol–water partition coefficient (Wildman–Crippen LogP) is 4.16. The van der Waals surface area contributed by atoms with Crippen LogP contribution in [0.4, 0.5) is 0 Å². The van der Waals surface area contributed by atoms with Crippen LogP contribution in [-0.2, 0) is 6.42 Å². The Morgan fingerprint density at radius 3 is 2.07 bits per heavy atom. The summed E-state index contributed by atoms with van der Waals surface area (Å²) < 4.78 is 0. The highest BCUT2D eigenvalue weighted by atomic mass is 14.1. The summed E-state index contributed by atoms with van der Waals surface area (Å²) >= 11 is 0. The van der Waals surface area contributed by atoms with E-state index in [-0.39, 0.29) is 0 Å². The third-order valence-corrected chi connectivity index (χ3v) is 2.77. The van der Waals surface area contributed by atoms with E-state index in [0.29, 0.717) is 0 Å². The van der Waals surface area contributed by atoms with Crippen molar-refractivity contribution < 1.29 is 0 Å². The highest BCUT2D eigenvalue weighted by molar-refractivity contribution is 5.37. The van der Waals surface area contributed by atoms with Gasteiger partial charge in [0.15, 0.2) is 0 Å². The lowest BCUT2D eigenvalue weighted by molar-refractivity contribution is 0.740. The molecule has 0 saturated carbocycles. The fourth-order valence-corrected chi connectivity index (χ4v) is 2.08. The molecule has 0 heteroatoms. The lowest BCUT2D eigenvalue weighted by Crippen LogP contribution is -1.95. The van der Waals surface area contributed by atoms with Gasteiger partial charge in [-0.2, -0.15) is 0 Å². The molecule has 1 aromatic carbocycles. The van der Waals surface area contributed by atoms with E-state index in [9.17, 15) is 0 Å². The second-order valence-corrected chi connectivity index (χ2v) is 4.19. The quantitative estimate of drug-likeness (QED) is 0.624. The molecular weight excluding hydrogens is 168 g/mol. The van der Waals surface area contributed by atoms with E-state index in [2.05, 4.69) is 39.8 Å². The lowest BCUT2D eigenvalue weighted by Gasteiger charge is -2.10. The summed E-state index contributed by atoms with van der Waals surface area (Å²) in [6.07, 6.45) is 4.79. The molecule has 0 aliphatic heterocycles. The van der Waals surface area contributed by atoms with Crippen LogP contribution in [0.5, 0.6) is 0 Å². The number of unbranched alkanes of at least 4 members (excludes halogenated alkanes) is 2. The second-order valence-electron chi connectivity index (χ2n) is 4.19. The first-order chi connectivity index (χ1) is 6.65. The van der Waals surface area contributed by atoms with Gasteiger partial charge in [-0.25, -0.2) is 0 Å². The van der Waals surface area contributed by atoms with Crippen LogP contribution in [0.1, 0.15) is 41.5 Å².